The Balaban J connectivity index is 1.36. The average molecular weight is 667 g/mol. The van der Waals surface area contributed by atoms with E-state index >= 15 is 0 Å². The van der Waals surface area contributed by atoms with E-state index in [-0.39, 0.29) is 49.2 Å². The van der Waals surface area contributed by atoms with Crippen molar-refractivity contribution in [3.05, 3.63) is 83.9 Å². The summed E-state index contributed by atoms with van der Waals surface area (Å²) in [5, 5.41) is 14.4. The van der Waals surface area contributed by atoms with Gasteiger partial charge in [0.15, 0.2) is 17.6 Å². The fourth-order valence-corrected chi connectivity index (χ4v) is 6.93. The summed E-state index contributed by atoms with van der Waals surface area (Å²) in [6.45, 7) is 3.49. The summed E-state index contributed by atoms with van der Waals surface area (Å²) >= 11 is 0. The predicted molar refractivity (Wildman–Crippen MR) is 171 cm³/mol. The van der Waals surface area contributed by atoms with Crippen molar-refractivity contribution in [3.63, 3.8) is 0 Å². The first kappa shape index (κ1) is 33.7. The Morgan fingerprint density at radius 2 is 1.79 bits per heavy atom. The number of fused-ring (bicyclic) bond motifs is 1. The summed E-state index contributed by atoms with van der Waals surface area (Å²) < 4.78 is 45.2. The van der Waals surface area contributed by atoms with Crippen molar-refractivity contribution >= 4 is 33.6 Å². The molecule has 0 saturated carbocycles. The highest BCUT2D eigenvalue weighted by Gasteiger charge is 2.39. The van der Waals surface area contributed by atoms with Crippen LogP contribution >= 0.6 is 0 Å². The van der Waals surface area contributed by atoms with E-state index in [1.54, 1.807) is 12.1 Å². The lowest BCUT2D eigenvalue weighted by Gasteiger charge is -2.31. The van der Waals surface area contributed by atoms with Crippen molar-refractivity contribution in [2.75, 3.05) is 31.3 Å². The Bertz CT molecular complexity index is 1720. The van der Waals surface area contributed by atoms with Gasteiger partial charge >= 0.3 is 6.09 Å². The molecule has 13 nitrogen and oxygen atoms in total. The Kier molecular flexibility index (Phi) is 10.3. The largest absolute Gasteiger partial charge is 0.454 e. The number of carbonyl (C=O) groups excluding carboxylic acids is 3. The summed E-state index contributed by atoms with van der Waals surface area (Å²) in [5.74, 6) is -0.626. The molecule has 0 spiro atoms. The van der Waals surface area contributed by atoms with Crippen molar-refractivity contribution in [2.24, 2.45) is 11.7 Å². The number of amides is 3. The van der Waals surface area contributed by atoms with Gasteiger partial charge in [0, 0.05) is 30.4 Å². The number of ether oxygens (including phenoxy) is 3. The number of anilines is 1. The molecule has 0 radical (unpaired) electrons. The van der Waals surface area contributed by atoms with Crippen molar-refractivity contribution < 1.29 is 42.1 Å². The molecule has 5 rings (SSSR count). The van der Waals surface area contributed by atoms with E-state index in [0.29, 0.717) is 23.6 Å². The molecule has 0 aromatic heterocycles. The molecule has 2 aliphatic rings. The number of rotatable bonds is 14. The molecule has 4 atom stereocenters. The van der Waals surface area contributed by atoms with Gasteiger partial charge in [0.25, 0.3) is 5.91 Å². The summed E-state index contributed by atoms with van der Waals surface area (Å²) in [4.78, 5) is 39.1. The maximum Gasteiger partial charge on any atom is 0.415 e. The van der Waals surface area contributed by atoms with E-state index in [4.69, 9.17) is 19.9 Å². The maximum absolute atomic E-state index is 13.9. The van der Waals surface area contributed by atoms with Crippen molar-refractivity contribution in [1.82, 2.24) is 9.62 Å². The molecule has 3 aromatic carbocycles. The van der Waals surface area contributed by atoms with Crippen LogP contribution in [0.15, 0.2) is 77.7 Å². The highest BCUT2D eigenvalue weighted by Crippen LogP contribution is 2.35. The van der Waals surface area contributed by atoms with Crippen LogP contribution in [0, 0.1) is 5.92 Å². The summed E-state index contributed by atoms with van der Waals surface area (Å²) in [6, 6.07) is 18.6. The lowest BCUT2D eigenvalue weighted by molar-refractivity contribution is -0.129. The van der Waals surface area contributed by atoms with E-state index in [2.05, 4.69) is 5.32 Å². The zero-order valence-corrected chi connectivity index (χ0v) is 26.9. The number of cyclic esters (lactones) is 1. The molecular formula is C33H38N4O9S. The van der Waals surface area contributed by atoms with E-state index in [9.17, 15) is 27.9 Å². The minimum Gasteiger partial charge on any atom is -0.454 e. The fourth-order valence-electron chi connectivity index (χ4n) is 5.33. The second-order valence-electron chi connectivity index (χ2n) is 11.6. The number of hydrogen-bond acceptors (Lipinski definition) is 9. The van der Waals surface area contributed by atoms with Gasteiger partial charge in [-0.15, -0.1) is 0 Å². The van der Waals surface area contributed by atoms with Gasteiger partial charge < -0.3 is 30.4 Å². The molecule has 0 aliphatic carbocycles. The van der Waals surface area contributed by atoms with E-state index in [1.807, 2.05) is 44.2 Å². The number of benzene rings is 3. The molecular weight excluding hydrogens is 628 g/mol. The number of nitrogens with two attached hydrogens (primary N) is 1. The third kappa shape index (κ3) is 7.84. The Morgan fingerprint density at radius 3 is 2.51 bits per heavy atom. The molecule has 2 aliphatic heterocycles. The summed E-state index contributed by atoms with van der Waals surface area (Å²) in [6.07, 6.45) is -2.52. The molecule has 0 bridgehead atoms. The van der Waals surface area contributed by atoms with Crippen LogP contribution in [0.2, 0.25) is 0 Å². The number of nitrogens with one attached hydrogen (secondary N) is 1. The van der Waals surface area contributed by atoms with Gasteiger partial charge in [-0.2, -0.15) is 4.31 Å². The molecule has 250 valence electrons. The van der Waals surface area contributed by atoms with Gasteiger partial charge in [-0.3, -0.25) is 14.5 Å². The number of aliphatic hydroxyl groups is 1. The van der Waals surface area contributed by atoms with Gasteiger partial charge in [-0.25, -0.2) is 13.2 Å². The van der Waals surface area contributed by atoms with Crippen LogP contribution in [-0.4, -0.2) is 80.4 Å². The van der Waals surface area contributed by atoms with Crippen molar-refractivity contribution in [2.45, 2.75) is 49.8 Å². The molecule has 1 saturated heterocycles. The van der Waals surface area contributed by atoms with Gasteiger partial charge in [-0.1, -0.05) is 56.7 Å². The number of nitrogens with zero attached hydrogens (tertiary/aromatic N) is 2. The standard InChI is InChI=1S/C33H38N4O9S/c1-3-21(2)17-36(47(42,43)25-12-13-28-29(16-25)45-20-44-28)18-27(38)26(14-22-8-5-4-6-9-22)35-32(40)30-19-37(33(41)46-30)24-11-7-10-23(15-24)31(34)39/h4-13,15-16,21,26-27,30,38H,3,14,17-20H2,1-2H3,(H2,34,39)(H,35,40)/t21-,26?,27-,30?/m1/s1. The van der Waals surface area contributed by atoms with Crippen molar-refractivity contribution in [1.29, 1.82) is 0 Å². The van der Waals surface area contributed by atoms with Crippen LogP contribution in [0.5, 0.6) is 11.5 Å². The van der Waals surface area contributed by atoms with Crippen LogP contribution < -0.4 is 25.4 Å². The normalized spacial score (nSPS) is 17.7. The number of hydrogen-bond donors (Lipinski definition) is 3. The predicted octanol–water partition coefficient (Wildman–Crippen LogP) is 2.66. The first-order chi connectivity index (χ1) is 22.5. The molecule has 2 unspecified atom stereocenters. The molecule has 3 aromatic rings. The molecule has 2 heterocycles. The van der Waals surface area contributed by atoms with Gasteiger partial charge in [0.1, 0.15) is 0 Å². The summed E-state index contributed by atoms with van der Waals surface area (Å²) in [5.41, 5.74) is 6.68. The van der Waals surface area contributed by atoms with Crippen LogP contribution in [0.4, 0.5) is 10.5 Å². The van der Waals surface area contributed by atoms with Gasteiger partial charge in [0.05, 0.1) is 23.6 Å². The number of aliphatic hydroxyl groups excluding tert-OH is 1. The van der Waals surface area contributed by atoms with Gasteiger partial charge in [0.2, 0.25) is 22.7 Å². The monoisotopic (exact) mass is 666 g/mol. The minimum atomic E-state index is -4.11. The highest BCUT2D eigenvalue weighted by atomic mass is 32.2. The average Bonchev–Trinajstić information content (AvgIpc) is 3.70. The smallest absolute Gasteiger partial charge is 0.415 e. The van der Waals surface area contributed by atoms with Crippen LogP contribution in [0.3, 0.4) is 0 Å². The lowest BCUT2D eigenvalue weighted by atomic mass is 10.0. The van der Waals surface area contributed by atoms with Crippen LogP contribution in [0.25, 0.3) is 0 Å². The molecule has 47 heavy (non-hydrogen) atoms. The second-order valence-corrected chi connectivity index (χ2v) is 13.6. The topological polar surface area (TPSA) is 178 Å². The summed E-state index contributed by atoms with van der Waals surface area (Å²) in [7, 11) is -4.11. The first-order valence-corrected chi connectivity index (χ1v) is 16.7. The Hall–Kier alpha value is -4.66. The fraction of sp³-hybridized carbons (Fsp3) is 0.364. The third-order valence-corrected chi connectivity index (χ3v) is 10.0. The van der Waals surface area contributed by atoms with Crippen LogP contribution in [-0.2, 0) is 26.0 Å². The van der Waals surface area contributed by atoms with E-state index in [1.165, 1.54) is 39.5 Å². The quantitative estimate of drug-likeness (QED) is 0.233. The first-order valence-electron chi connectivity index (χ1n) is 15.3. The minimum absolute atomic E-state index is 0.0111. The Morgan fingerprint density at radius 1 is 1.04 bits per heavy atom. The second kappa shape index (κ2) is 14.4. The van der Waals surface area contributed by atoms with E-state index in [0.717, 1.165) is 5.56 Å². The molecule has 1 fully saturated rings. The molecule has 3 amide bonds. The van der Waals surface area contributed by atoms with Crippen molar-refractivity contribution in [3.8, 4) is 11.5 Å². The lowest BCUT2D eigenvalue weighted by Crippen LogP contribution is -2.53. The van der Waals surface area contributed by atoms with Gasteiger partial charge in [-0.05, 0) is 48.2 Å². The number of carbonyl (C=O) groups is 3. The zero-order valence-electron chi connectivity index (χ0n) is 26.1. The van der Waals surface area contributed by atoms with Crippen LogP contribution in [0.1, 0.15) is 36.2 Å². The molecule has 14 heteroatoms. The third-order valence-electron chi connectivity index (χ3n) is 8.22. The maximum atomic E-state index is 13.9. The SMILES string of the molecule is CC[C@@H](C)CN(C[C@@H](O)C(Cc1ccccc1)NC(=O)C1CN(c2cccc(C(N)=O)c2)C(=O)O1)S(=O)(=O)c1ccc2c(c1)OCO2. The number of sulfonamides is 1. The zero-order chi connectivity index (χ0) is 33.7. The number of primary amides is 1. The highest BCUT2D eigenvalue weighted by molar-refractivity contribution is 7.89. The molecule has 4 N–H and O–H groups in total. The Labute approximate surface area is 273 Å². The van der Waals surface area contributed by atoms with E-state index < -0.39 is 46.2 Å².